The number of rotatable bonds is 7. The minimum Gasteiger partial charge on any atom is -0.337 e. The molecule has 0 aromatic heterocycles. The molecule has 33 heavy (non-hydrogen) atoms. The molecule has 1 saturated heterocycles. The SMILES string of the molecule is CC(C)C(=O)N(CCN1CCN(C(=O)c2ccc(F)cc2)CC1)CC1=CCC2CC1C2(C)C. The maximum atomic E-state index is 13.1. The fourth-order valence-electron chi connectivity index (χ4n) is 5.72. The van der Waals surface area contributed by atoms with Gasteiger partial charge in [0.05, 0.1) is 0 Å². The minimum atomic E-state index is -0.332. The summed E-state index contributed by atoms with van der Waals surface area (Å²) in [6.45, 7) is 13.9. The van der Waals surface area contributed by atoms with Gasteiger partial charge in [-0.3, -0.25) is 14.5 Å². The van der Waals surface area contributed by atoms with Gasteiger partial charge in [-0.05, 0) is 54.4 Å². The van der Waals surface area contributed by atoms with E-state index in [4.69, 9.17) is 0 Å². The van der Waals surface area contributed by atoms with Gasteiger partial charge in [0.25, 0.3) is 5.91 Å². The highest BCUT2D eigenvalue weighted by molar-refractivity contribution is 5.94. The second-order valence-corrected chi connectivity index (χ2v) is 10.9. The van der Waals surface area contributed by atoms with Crippen molar-refractivity contribution in [3.05, 3.63) is 47.3 Å². The van der Waals surface area contributed by atoms with E-state index in [1.165, 1.54) is 24.1 Å². The molecule has 1 saturated carbocycles. The number of carbonyl (C=O) groups is 2. The number of hydrogen-bond acceptors (Lipinski definition) is 3. The number of allylic oxidation sites excluding steroid dienone is 1. The zero-order chi connectivity index (χ0) is 23.8. The molecule has 1 aromatic carbocycles. The second kappa shape index (κ2) is 9.57. The van der Waals surface area contributed by atoms with E-state index in [-0.39, 0.29) is 23.5 Å². The van der Waals surface area contributed by atoms with Gasteiger partial charge in [0.1, 0.15) is 5.82 Å². The van der Waals surface area contributed by atoms with Crippen LogP contribution in [0.4, 0.5) is 4.39 Å². The fraction of sp³-hybridized carbons (Fsp3) is 0.630. The van der Waals surface area contributed by atoms with Crippen LogP contribution >= 0.6 is 0 Å². The summed E-state index contributed by atoms with van der Waals surface area (Å²) in [5, 5.41) is 0. The maximum absolute atomic E-state index is 13.1. The van der Waals surface area contributed by atoms with Gasteiger partial charge in [-0.15, -0.1) is 0 Å². The molecule has 2 bridgehead atoms. The Balaban J connectivity index is 1.30. The Labute approximate surface area is 197 Å². The van der Waals surface area contributed by atoms with Crippen LogP contribution < -0.4 is 0 Å². The van der Waals surface area contributed by atoms with Crippen LogP contribution in [0.15, 0.2) is 35.9 Å². The van der Waals surface area contributed by atoms with Crippen molar-refractivity contribution >= 4 is 11.8 Å². The van der Waals surface area contributed by atoms with Crippen molar-refractivity contribution in [2.24, 2.45) is 23.2 Å². The number of carbonyl (C=O) groups excluding carboxylic acids is 2. The van der Waals surface area contributed by atoms with E-state index in [2.05, 4.69) is 29.7 Å². The Morgan fingerprint density at radius 1 is 1.12 bits per heavy atom. The van der Waals surface area contributed by atoms with Crippen LogP contribution in [0.5, 0.6) is 0 Å². The standard InChI is InChI=1S/C27H38FN3O2/c1-19(2)25(32)31(18-21-5-8-22-17-24(21)27(22,3)4)16-13-29-11-14-30(15-12-29)26(33)20-6-9-23(28)10-7-20/h5-7,9-10,19,22,24H,8,11-18H2,1-4H3. The molecule has 2 fully saturated rings. The number of halogens is 1. The van der Waals surface area contributed by atoms with Crippen molar-refractivity contribution in [3.8, 4) is 0 Å². The van der Waals surface area contributed by atoms with E-state index < -0.39 is 0 Å². The summed E-state index contributed by atoms with van der Waals surface area (Å²) in [6.07, 6.45) is 4.81. The average molecular weight is 456 g/mol. The summed E-state index contributed by atoms with van der Waals surface area (Å²) < 4.78 is 13.1. The van der Waals surface area contributed by atoms with Crippen LogP contribution in [-0.2, 0) is 4.79 Å². The van der Waals surface area contributed by atoms with Gasteiger partial charge >= 0.3 is 0 Å². The molecule has 0 N–H and O–H groups in total. The second-order valence-electron chi connectivity index (χ2n) is 10.9. The van der Waals surface area contributed by atoms with Crippen LogP contribution in [-0.4, -0.2) is 72.3 Å². The molecule has 2 unspecified atom stereocenters. The highest BCUT2D eigenvalue weighted by Crippen LogP contribution is 2.59. The lowest BCUT2D eigenvalue weighted by atomic mass is 9.49. The van der Waals surface area contributed by atoms with Crippen molar-refractivity contribution < 1.29 is 14.0 Å². The molecule has 2 atom stereocenters. The van der Waals surface area contributed by atoms with E-state index in [0.29, 0.717) is 30.0 Å². The van der Waals surface area contributed by atoms with Crippen LogP contribution in [0.1, 0.15) is 50.9 Å². The van der Waals surface area contributed by atoms with E-state index in [1.54, 1.807) is 12.1 Å². The minimum absolute atomic E-state index is 0.0125. The van der Waals surface area contributed by atoms with Gasteiger partial charge < -0.3 is 9.80 Å². The van der Waals surface area contributed by atoms with Crippen molar-refractivity contribution in [1.29, 1.82) is 0 Å². The van der Waals surface area contributed by atoms with Gasteiger partial charge in [-0.25, -0.2) is 4.39 Å². The Bertz CT molecular complexity index is 900. The van der Waals surface area contributed by atoms with Gasteiger partial charge in [0.15, 0.2) is 0 Å². The zero-order valence-corrected chi connectivity index (χ0v) is 20.5. The van der Waals surface area contributed by atoms with Gasteiger partial charge in [-0.1, -0.05) is 39.3 Å². The zero-order valence-electron chi connectivity index (χ0n) is 20.5. The summed E-state index contributed by atoms with van der Waals surface area (Å²) in [5.74, 6) is 1.24. The number of nitrogens with zero attached hydrogens (tertiary/aromatic N) is 3. The summed E-state index contributed by atoms with van der Waals surface area (Å²) in [7, 11) is 0. The average Bonchev–Trinajstić information content (AvgIpc) is 2.81. The third-order valence-corrected chi connectivity index (χ3v) is 8.20. The first-order valence-electron chi connectivity index (χ1n) is 12.4. The lowest BCUT2D eigenvalue weighted by Gasteiger charge is -2.57. The smallest absolute Gasteiger partial charge is 0.253 e. The number of fused-ring (bicyclic) bond motifs is 1. The fourth-order valence-corrected chi connectivity index (χ4v) is 5.72. The van der Waals surface area contributed by atoms with Crippen molar-refractivity contribution in [3.63, 3.8) is 0 Å². The van der Waals surface area contributed by atoms with Crippen molar-refractivity contribution in [2.45, 2.75) is 40.5 Å². The normalized spacial score (nSPS) is 24.3. The Kier molecular flexibility index (Phi) is 6.94. The number of benzene rings is 1. The molecule has 180 valence electrons. The molecule has 5 nitrogen and oxygen atoms in total. The summed E-state index contributed by atoms with van der Waals surface area (Å²) in [6, 6.07) is 5.75. The first-order chi connectivity index (χ1) is 15.7. The molecular formula is C27H38FN3O2. The van der Waals surface area contributed by atoms with Crippen LogP contribution in [0.2, 0.25) is 0 Å². The third kappa shape index (κ3) is 5.01. The molecule has 2 amide bonds. The Hall–Kier alpha value is -2.21. The molecule has 1 heterocycles. The molecule has 6 heteroatoms. The lowest BCUT2D eigenvalue weighted by molar-refractivity contribution is -0.134. The third-order valence-electron chi connectivity index (χ3n) is 8.20. The highest BCUT2D eigenvalue weighted by atomic mass is 19.1. The van der Waals surface area contributed by atoms with Crippen molar-refractivity contribution in [1.82, 2.24) is 14.7 Å². The molecule has 5 rings (SSSR count). The predicted octanol–water partition coefficient (Wildman–Crippen LogP) is 4.06. The molecule has 1 aliphatic heterocycles. The van der Waals surface area contributed by atoms with E-state index in [0.717, 1.165) is 45.1 Å². The van der Waals surface area contributed by atoms with Crippen LogP contribution in [0, 0.1) is 29.0 Å². The molecule has 0 spiro atoms. The number of amides is 2. The first-order valence-corrected chi connectivity index (χ1v) is 12.4. The number of piperazine rings is 1. The first kappa shape index (κ1) is 23.9. The molecule has 4 aliphatic rings. The van der Waals surface area contributed by atoms with E-state index >= 15 is 0 Å². The molecule has 0 radical (unpaired) electrons. The van der Waals surface area contributed by atoms with Crippen LogP contribution in [0.25, 0.3) is 0 Å². The van der Waals surface area contributed by atoms with Gasteiger partial charge in [-0.2, -0.15) is 0 Å². The highest BCUT2D eigenvalue weighted by Gasteiger charge is 2.51. The predicted molar refractivity (Wildman–Crippen MR) is 128 cm³/mol. The summed E-state index contributed by atoms with van der Waals surface area (Å²) in [5.41, 5.74) is 2.34. The van der Waals surface area contributed by atoms with Gasteiger partial charge in [0.2, 0.25) is 5.91 Å². The number of hydrogen-bond donors (Lipinski definition) is 0. The molecule has 3 aliphatic carbocycles. The summed E-state index contributed by atoms with van der Waals surface area (Å²) in [4.78, 5) is 31.9. The summed E-state index contributed by atoms with van der Waals surface area (Å²) >= 11 is 0. The topological polar surface area (TPSA) is 43.9 Å². The quantitative estimate of drug-likeness (QED) is 0.583. The Morgan fingerprint density at radius 3 is 2.36 bits per heavy atom. The van der Waals surface area contributed by atoms with Crippen molar-refractivity contribution in [2.75, 3.05) is 45.8 Å². The monoisotopic (exact) mass is 455 g/mol. The molecule has 1 aromatic rings. The molecular weight excluding hydrogens is 417 g/mol. The Morgan fingerprint density at radius 2 is 1.79 bits per heavy atom. The van der Waals surface area contributed by atoms with E-state index in [1.807, 2.05) is 18.7 Å². The van der Waals surface area contributed by atoms with E-state index in [9.17, 15) is 14.0 Å². The largest absolute Gasteiger partial charge is 0.337 e. The van der Waals surface area contributed by atoms with Gasteiger partial charge in [0, 0.05) is 57.3 Å². The van der Waals surface area contributed by atoms with Crippen LogP contribution in [0.3, 0.4) is 0 Å². The maximum Gasteiger partial charge on any atom is 0.253 e. The lowest BCUT2D eigenvalue weighted by Crippen LogP contribution is -2.52.